The van der Waals surface area contributed by atoms with Crippen molar-refractivity contribution < 1.29 is 0 Å². The summed E-state index contributed by atoms with van der Waals surface area (Å²) in [4.78, 5) is 0. The first-order valence-electron chi connectivity index (χ1n) is 5.14. The van der Waals surface area contributed by atoms with Crippen molar-refractivity contribution in [3.05, 3.63) is 23.3 Å². The van der Waals surface area contributed by atoms with Gasteiger partial charge in [0, 0.05) is 0 Å². The Morgan fingerprint density at radius 1 is 1.42 bits per heavy atom. The van der Waals surface area contributed by atoms with E-state index in [-0.39, 0.29) is 0 Å². The van der Waals surface area contributed by atoms with Gasteiger partial charge in [-0.2, -0.15) is 0 Å². The molecule has 0 radical (unpaired) electrons. The molecule has 0 aromatic heterocycles. The summed E-state index contributed by atoms with van der Waals surface area (Å²) in [5, 5.41) is 0. The van der Waals surface area contributed by atoms with Gasteiger partial charge in [0.15, 0.2) is 0 Å². The molecule has 0 amide bonds. The van der Waals surface area contributed by atoms with E-state index in [2.05, 4.69) is 32.9 Å². The van der Waals surface area contributed by atoms with Gasteiger partial charge >= 0.3 is 0 Å². The highest BCUT2D eigenvalue weighted by Gasteiger charge is 2.12. The summed E-state index contributed by atoms with van der Waals surface area (Å²) in [5.74, 6) is 0.734. The van der Waals surface area contributed by atoms with Crippen molar-refractivity contribution in [3.8, 4) is 0 Å². The third kappa shape index (κ3) is 2.00. The van der Waals surface area contributed by atoms with Crippen LogP contribution in [0.4, 0.5) is 0 Å². The van der Waals surface area contributed by atoms with Crippen LogP contribution in [0.25, 0.3) is 0 Å². The van der Waals surface area contributed by atoms with E-state index in [1.807, 2.05) is 0 Å². The first kappa shape index (κ1) is 9.57. The van der Waals surface area contributed by atoms with E-state index in [0.29, 0.717) is 0 Å². The van der Waals surface area contributed by atoms with E-state index >= 15 is 0 Å². The van der Waals surface area contributed by atoms with Gasteiger partial charge in [0.1, 0.15) is 0 Å². The van der Waals surface area contributed by atoms with Crippen LogP contribution in [0, 0.1) is 5.92 Å². The van der Waals surface area contributed by atoms with Crippen LogP contribution in [-0.2, 0) is 0 Å². The van der Waals surface area contributed by atoms with Crippen molar-refractivity contribution in [2.24, 2.45) is 5.92 Å². The minimum absolute atomic E-state index is 0.734. The van der Waals surface area contributed by atoms with E-state index in [1.54, 1.807) is 11.1 Å². The SMILES string of the molecule is CCC1=C(C)CCC=CC1CC. The maximum atomic E-state index is 2.40. The standard InChI is InChI=1S/C12H20/c1-4-11-9-7-6-8-10(3)12(11)5-2/h7,9,11H,4-6,8H2,1-3H3. The zero-order valence-electron chi connectivity index (χ0n) is 8.56. The van der Waals surface area contributed by atoms with E-state index in [1.165, 1.54) is 25.7 Å². The summed E-state index contributed by atoms with van der Waals surface area (Å²) >= 11 is 0. The zero-order valence-corrected chi connectivity index (χ0v) is 8.56. The van der Waals surface area contributed by atoms with Gasteiger partial charge in [-0.1, -0.05) is 37.1 Å². The molecule has 1 aliphatic rings. The molecule has 1 atom stereocenters. The molecule has 0 aromatic rings. The van der Waals surface area contributed by atoms with Crippen molar-refractivity contribution in [3.63, 3.8) is 0 Å². The Balaban J connectivity index is 2.86. The number of hydrogen-bond donors (Lipinski definition) is 0. The Labute approximate surface area is 76.4 Å². The third-order valence-corrected chi connectivity index (χ3v) is 2.87. The molecule has 12 heavy (non-hydrogen) atoms. The molecule has 68 valence electrons. The second-order valence-corrected chi connectivity index (χ2v) is 3.64. The molecule has 0 aliphatic heterocycles. The number of hydrogen-bond acceptors (Lipinski definition) is 0. The van der Waals surface area contributed by atoms with Crippen molar-refractivity contribution in [2.45, 2.75) is 46.5 Å². The van der Waals surface area contributed by atoms with Crippen LogP contribution in [-0.4, -0.2) is 0 Å². The molecule has 1 unspecified atom stereocenters. The summed E-state index contributed by atoms with van der Waals surface area (Å²) in [6.45, 7) is 6.86. The Hall–Kier alpha value is -0.520. The van der Waals surface area contributed by atoms with Gasteiger partial charge in [-0.25, -0.2) is 0 Å². The van der Waals surface area contributed by atoms with E-state index in [4.69, 9.17) is 0 Å². The van der Waals surface area contributed by atoms with Crippen LogP contribution in [0.15, 0.2) is 23.3 Å². The van der Waals surface area contributed by atoms with Gasteiger partial charge in [-0.05, 0) is 38.5 Å². The maximum Gasteiger partial charge on any atom is -0.00234 e. The zero-order chi connectivity index (χ0) is 8.97. The molecule has 0 saturated carbocycles. The monoisotopic (exact) mass is 164 g/mol. The van der Waals surface area contributed by atoms with E-state index in [9.17, 15) is 0 Å². The molecule has 0 heterocycles. The van der Waals surface area contributed by atoms with Crippen LogP contribution >= 0.6 is 0 Å². The van der Waals surface area contributed by atoms with Gasteiger partial charge in [0.2, 0.25) is 0 Å². The minimum Gasteiger partial charge on any atom is -0.0876 e. The van der Waals surface area contributed by atoms with Crippen LogP contribution in [0.2, 0.25) is 0 Å². The Bertz CT molecular complexity index is 196. The van der Waals surface area contributed by atoms with Gasteiger partial charge in [-0.3, -0.25) is 0 Å². The first-order valence-corrected chi connectivity index (χ1v) is 5.14. The lowest BCUT2D eigenvalue weighted by Crippen LogP contribution is -2.00. The summed E-state index contributed by atoms with van der Waals surface area (Å²) in [5.41, 5.74) is 3.32. The topological polar surface area (TPSA) is 0 Å². The molecule has 0 heteroatoms. The van der Waals surface area contributed by atoms with Crippen LogP contribution in [0.1, 0.15) is 46.5 Å². The molecule has 0 nitrogen and oxygen atoms in total. The summed E-state index contributed by atoms with van der Waals surface area (Å²) in [7, 11) is 0. The first-order chi connectivity index (χ1) is 5.79. The fraction of sp³-hybridized carbons (Fsp3) is 0.667. The molecular formula is C12H20. The molecule has 0 aromatic carbocycles. The maximum absolute atomic E-state index is 2.40. The summed E-state index contributed by atoms with van der Waals surface area (Å²) < 4.78 is 0. The predicted octanol–water partition coefficient (Wildman–Crippen LogP) is 4.09. The molecule has 0 fully saturated rings. The molecule has 0 bridgehead atoms. The summed E-state index contributed by atoms with van der Waals surface area (Å²) in [6, 6.07) is 0. The fourth-order valence-electron chi connectivity index (χ4n) is 2.10. The molecule has 0 N–H and O–H groups in total. The third-order valence-electron chi connectivity index (χ3n) is 2.87. The molecule has 0 spiro atoms. The lowest BCUT2D eigenvalue weighted by molar-refractivity contribution is 0.689. The average molecular weight is 164 g/mol. The van der Waals surface area contributed by atoms with Gasteiger partial charge < -0.3 is 0 Å². The molecule has 0 saturated heterocycles. The van der Waals surface area contributed by atoms with Crippen LogP contribution in [0.5, 0.6) is 0 Å². The van der Waals surface area contributed by atoms with E-state index < -0.39 is 0 Å². The Morgan fingerprint density at radius 2 is 2.17 bits per heavy atom. The van der Waals surface area contributed by atoms with Crippen molar-refractivity contribution in [1.29, 1.82) is 0 Å². The van der Waals surface area contributed by atoms with Crippen molar-refractivity contribution >= 4 is 0 Å². The normalized spacial score (nSPS) is 24.4. The van der Waals surface area contributed by atoms with Crippen molar-refractivity contribution in [1.82, 2.24) is 0 Å². The van der Waals surface area contributed by atoms with E-state index in [0.717, 1.165) is 5.92 Å². The molecular weight excluding hydrogens is 144 g/mol. The quantitative estimate of drug-likeness (QED) is 0.539. The highest BCUT2D eigenvalue weighted by atomic mass is 14.2. The lowest BCUT2D eigenvalue weighted by Gasteiger charge is -2.15. The second-order valence-electron chi connectivity index (χ2n) is 3.64. The predicted molar refractivity (Wildman–Crippen MR) is 55.1 cm³/mol. The summed E-state index contributed by atoms with van der Waals surface area (Å²) in [6.07, 6.45) is 9.75. The number of allylic oxidation sites excluding steroid dienone is 4. The van der Waals surface area contributed by atoms with Crippen LogP contribution in [0.3, 0.4) is 0 Å². The Morgan fingerprint density at radius 3 is 2.75 bits per heavy atom. The van der Waals surface area contributed by atoms with Crippen LogP contribution < -0.4 is 0 Å². The number of rotatable bonds is 2. The van der Waals surface area contributed by atoms with Crippen molar-refractivity contribution in [2.75, 3.05) is 0 Å². The largest absolute Gasteiger partial charge is 0.0876 e. The molecule has 1 aliphatic carbocycles. The Kier molecular flexibility index (Phi) is 3.58. The smallest absolute Gasteiger partial charge is 0.00234 e. The highest BCUT2D eigenvalue weighted by Crippen LogP contribution is 2.28. The highest BCUT2D eigenvalue weighted by molar-refractivity contribution is 5.22. The lowest BCUT2D eigenvalue weighted by atomic mass is 9.91. The second kappa shape index (κ2) is 4.49. The van der Waals surface area contributed by atoms with Gasteiger partial charge in [0.05, 0.1) is 0 Å². The van der Waals surface area contributed by atoms with Gasteiger partial charge in [0.25, 0.3) is 0 Å². The fourth-order valence-corrected chi connectivity index (χ4v) is 2.10. The van der Waals surface area contributed by atoms with Gasteiger partial charge in [-0.15, -0.1) is 0 Å². The molecule has 1 rings (SSSR count). The minimum atomic E-state index is 0.734. The average Bonchev–Trinajstić information content (AvgIpc) is 2.26.